The number of likely N-dealkylation sites (tertiary alicyclic amines) is 1. The zero-order valence-electron chi connectivity index (χ0n) is 12.3. The lowest BCUT2D eigenvalue weighted by Crippen LogP contribution is -2.39. The summed E-state index contributed by atoms with van der Waals surface area (Å²) in [4.78, 5) is 14.3. The van der Waals surface area contributed by atoms with Crippen LogP contribution in [0.4, 0.5) is 4.39 Å². The summed E-state index contributed by atoms with van der Waals surface area (Å²) in [6.45, 7) is 4.44. The third-order valence-electron chi connectivity index (χ3n) is 4.13. The molecule has 4 heteroatoms. The molecular formula is C16H23FN2O. The van der Waals surface area contributed by atoms with E-state index in [1.165, 1.54) is 12.1 Å². The van der Waals surface area contributed by atoms with Crippen molar-refractivity contribution in [3.05, 3.63) is 35.1 Å². The summed E-state index contributed by atoms with van der Waals surface area (Å²) in [6.07, 6.45) is 3.25. The maximum Gasteiger partial charge on any atom is 0.254 e. The monoisotopic (exact) mass is 278 g/mol. The molecule has 2 rings (SSSR count). The lowest BCUT2D eigenvalue weighted by molar-refractivity contribution is 0.0686. The molecule has 1 heterocycles. The Bertz CT molecular complexity index is 468. The lowest BCUT2D eigenvalue weighted by Gasteiger charge is -2.32. The van der Waals surface area contributed by atoms with Crippen LogP contribution in [0.25, 0.3) is 0 Å². The van der Waals surface area contributed by atoms with Gasteiger partial charge in [-0.1, -0.05) is 6.07 Å². The molecule has 0 unspecified atom stereocenters. The first-order valence-electron chi connectivity index (χ1n) is 7.32. The molecule has 0 radical (unpaired) electrons. The minimum absolute atomic E-state index is 0.0333. The molecule has 0 atom stereocenters. The molecule has 1 aliphatic rings. The molecule has 1 aromatic rings. The number of rotatable bonds is 4. The molecule has 0 bridgehead atoms. The Hall–Kier alpha value is -1.42. The fourth-order valence-electron chi connectivity index (χ4n) is 2.77. The summed E-state index contributed by atoms with van der Waals surface area (Å²) in [6, 6.07) is 4.42. The second-order valence-corrected chi connectivity index (χ2v) is 5.59. The average molecular weight is 278 g/mol. The first-order chi connectivity index (χ1) is 9.61. The van der Waals surface area contributed by atoms with Crippen LogP contribution in [0.5, 0.6) is 0 Å². The van der Waals surface area contributed by atoms with E-state index in [1.807, 2.05) is 18.9 Å². The summed E-state index contributed by atoms with van der Waals surface area (Å²) in [5, 5.41) is 3.17. The Labute approximate surface area is 120 Å². The topological polar surface area (TPSA) is 32.3 Å². The quantitative estimate of drug-likeness (QED) is 0.918. The van der Waals surface area contributed by atoms with E-state index in [0.717, 1.165) is 44.5 Å². The van der Waals surface area contributed by atoms with Crippen molar-refractivity contribution in [2.75, 3.05) is 26.7 Å². The van der Waals surface area contributed by atoms with E-state index in [0.29, 0.717) is 11.5 Å². The van der Waals surface area contributed by atoms with Gasteiger partial charge in [-0.25, -0.2) is 4.39 Å². The van der Waals surface area contributed by atoms with E-state index in [-0.39, 0.29) is 11.7 Å². The van der Waals surface area contributed by atoms with Gasteiger partial charge in [-0.3, -0.25) is 4.79 Å². The second-order valence-electron chi connectivity index (χ2n) is 5.59. The van der Waals surface area contributed by atoms with E-state index >= 15 is 0 Å². The van der Waals surface area contributed by atoms with Crippen LogP contribution in [-0.2, 0) is 0 Å². The number of carbonyl (C=O) groups excluding carboxylic acids is 1. The maximum absolute atomic E-state index is 13.3. The number of amides is 1. The zero-order valence-corrected chi connectivity index (χ0v) is 12.3. The zero-order chi connectivity index (χ0) is 14.5. The minimum atomic E-state index is -0.345. The van der Waals surface area contributed by atoms with Gasteiger partial charge >= 0.3 is 0 Å². The number of carbonyl (C=O) groups is 1. The van der Waals surface area contributed by atoms with Gasteiger partial charge in [-0.2, -0.15) is 0 Å². The highest BCUT2D eigenvalue weighted by Crippen LogP contribution is 2.22. The van der Waals surface area contributed by atoms with E-state index in [4.69, 9.17) is 0 Å². The number of hydrogen-bond acceptors (Lipinski definition) is 2. The molecular weight excluding hydrogens is 255 g/mol. The van der Waals surface area contributed by atoms with Crippen LogP contribution < -0.4 is 5.32 Å². The van der Waals surface area contributed by atoms with Gasteiger partial charge in [0.05, 0.1) is 0 Å². The van der Waals surface area contributed by atoms with Gasteiger partial charge in [0, 0.05) is 18.7 Å². The number of aryl methyl sites for hydroxylation is 1. The predicted molar refractivity (Wildman–Crippen MR) is 78.3 cm³/mol. The van der Waals surface area contributed by atoms with E-state index in [9.17, 15) is 9.18 Å². The Balaban J connectivity index is 1.96. The highest BCUT2D eigenvalue weighted by Gasteiger charge is 2.24. The molecule has 1 amide bonds. The number of hydrogen-bond donors (Lipinski definition) is 1. The SMILES string of the molecule is CNCCC1CCN(C(=O)c2cc(F)ccc2C)CC1. The Morgan fingerprint density at radius 1 is 1.40 bits per heavy atom. The molecule has 0 spiro atoms. The first-order valence-corrected chi connectivity index (χ1v) is 7.32. The summed E-state index contributed by atoms with van der Waals surface area (Å²) in [7, 11) is 1.96. The summed E-state index contributed by atoms with van der Waals surface area (Å²) in [5.41, 5.74) is 1.34. The molecule has 1 N–H and O–H groups in total. The van der Waals surface area contributed by atoms with Gasteiger partial charge in [0.15, 0.2) is 0 Å². The van der Waals surface area contributed by atoms with Gasteiger partial charge in [0.1, 0.15) is 5.82 Å². The van der Waals surface area contributed by atoms with Crippen molar-refractivity contribution in [2.45, 2.75) is 26.2 Å². The average Bonchev–Trinajstić information content (AvgIpc) is 2.47. The maximum atomic E-state index is 13.3. The van der Waals surface area contributed by atoms with Crippen LogP contribution in [0.1, 0.15) is 35.2 Å². The molecule has 1 aliphatic heterocycles. The van der Waals surface area contributed by atoms with Crippen molar-refractivity contribution in [1.29, 1.82) is 0 Å². The van der Waals surface area contributed by atoms with Crippen molar-refractivity contribution in [2.24, 2.45) is 5.92 Å². The molecule has 1 aromatic carbocycles. The number of benzene rings is 1. The molecule has 3 nitrogen and oxygen atoms in total. The Morgan fingerprint density at radius 3 is 2.75 bits per heavy atom. The van der Waals surface area contributed by atoms with Gasteiger partial charge < -0.3 is 10.2 Å². The van der Waals surface area contributed by atoms with Crippen LogP contribution >= 0.6 is 0 Å². The van der Waals surface area contributed by atoms with Crippen LogP contribution in [-0.4, -0.2) is 37.5 Å². The molecule has 0 saturated carbocycles. The van der Waals surface area contributed by atoms with Crippen LogP contribution in [0.15, 0.2) is 18.2 Å². The Kier molecular flexibility index (Phi) is 5.12. The summed E-state index contributed by atoms with van der Waals surface area (Å²) >= 11 is 0. The fraction of sp³-hybridized carbons (Fsp3) is 0.562. The van der Waals surface area contributed by atoms with Gasteiger partial charge in [0.2, 0.25) is 0 Å². The number of nitrogens with zero attached hydrogens (tertiary/aromatic N) is 1. The van der Waals surface area contributed by atoms with E-state index in [2.05, 4.69) is 5.32 Å². The number of halogens is 1. The third kappa shape index (κ3) is 3.57. The van der Waals surface area contributed by atoms with Gasteiger partial charge in [-0.15, -0.1) is 0 Å². The Morgan fingerprint density at radius 2 is 2.10 bits per heavy atom. The normalized spacial score (nSPS) is 16.4. The molecule has 1 fully saturated rings. The minimum Gasteiger partial charge on any atom is -0.339 e. The van der Waals surface area contributed by atoms with Crippen LogP contribution in [0.2, 0.25) is 0 Å². The van der Waals surface area contributed by atoms with Crippen molar-refractivity contribution >= 4 is 5.91 Å². The summed E-state index contributed by atoms with van der Waals surface area (Å²) < 4.78 is 13.3. The fourth-order valence-corrected chi connectivity index (χ4v) is 2.77. The van der Waals surface area contributed by atoms with Crippen molar-refractivity contribution in [3.63, 3.8) is 0 Å². The highest BCUT2D eigenvalue weighted by molar-refractivity contribution is 5.95. The van der Waals surface area contributed by atoms with Gasteiger partial charge in [-0.05, 0) is 63.4 Å². The number of nitrogens with one attached hydrogen (secondary N) is 1. The first kappa shape index (κ1) is 15.0. The third-order valence-corrected chi connectivity index (χ3v) is 4.13. The molecule has 110 valence electrons. The molecule has 1 saturated heterocycles. The van der Waals surface area contributed by atoms with Crippen molar-refractivity contribution < 1.29 is 9.18 Å². The molecule has 0 aromatic heterocycles. The second kappa shape index (κ2) is 6.84. The highest BCUT2D eigenvalue weighted by atomic mass is 19.1. The standard InChI is InChI=1S/C16H23FN2O/c1-12-3-4-14(17)11-15(12)16(20)19-9-6-13(7-10-19)5-8-18-2/h3-4,11,13,18H,5-10H2,1-2H3. The smallest absolute Gasteiger partial charge is 0.254 e. The van der Waals surface area contributed by atoms with Crippen molar-refractivity contribution in [3.8, 4) is 0 Å². The van der Waals surface area contributed by atoms with Crippen LogP contribution in [0.3, 0.4) is 0 Å². The van der Waals surface area contributed by atoms with E-state index in [1.54, 1.807) is 6.07 Å². The predicted octanol–water partition coefficient (Wildman–Crippen LogP) is 2.60. The van der Waals surface area contributed by atoms with Crippen LogP contribution in [0, 0.1) is 18.7 Å². The van der Waals surface area contributed by atoms with Crippen molar-refractivity contribution in [1.82, 2.24) is 10.2 Å². The summed E-state index contributed by atoms with van der Waals surface area (Å²) in [5.74, 6) is 0.317. The lowest BCUT2D eigenvalue weighted by atomic mass is 9.93. The van der Waals surface area contributed by atoms with Gasteiger partial charge in [0.25, 0.3) is 5.91 Å². The van der Waals surface area contributed by atoms with E-state index < -0.39 is 0 Å². The molecule has 20 heavy (non-hydrogen) atoms. The molecule has 0 aliphatic carbocycles. The number of piperidine rings is 1. The largest absolute Gasteiger partial charge is 0.339 e.